The standard InChI is InChI=1S/C16H28N3O2P/c1-16(2)17-9-11-7-15(14(20-3)8-13(11)18-16)21-12-5-6-19(10-12)22-4/h7,12-13,17-18,22H,5-6,8-10H2,1-4H3/t12-,13?/m0/s1. The second kappa shape index (κ2) is 6.48. The van der Waals surface area contributed by atoms with Crippen LogP contribution < -0.4 is 10.6 Å². The molecule has 0 aromatic carbocycles. The van der Waals surface area contributed by atoms with E-state index in [1.807, 2.05) is 0 Å². The Bertz CT molecular complexity index is 490. The van der Waals surface area contributed by atoms with E-state index in [1.165, 1.54) is 5.57 Å². The zero-order valence-electron chi connectivity index (χ0n) is 14.0. The number of hydrogen-bond donors (Lipinski definition) is 2. The Morgan fingerprint density at radius 1 is 1.41 bits per heavy atom. The van der Waals surface area contributed by atoms with Crippen molar-refractivity contribution < 1.29 is 9.47 Å². The summed E-state index contributed by atoms with van der Waals surface area (Å²) in [5.74, 6) is 1.90. The fourth-order valence-electron chi connectivity index (χ4n) is 3.38. The first-order valence-corrected chi connectivity index (χ1v) is 9.55. The van der Waals surface area contributed by atoms with Crippen LogP contribution in [0.1, 0.15) is 26.7 Å². The van der Waals surface area contributed by atoms with E-state index in [4.69, 9.17) is 9.47 Å². The highest BCUT2D eigenvalue weighted by Crippen LogP contribution is 2.31. The van der Waals surface area contributed by atoms with Crippen LogP contribution >= 0.6 is 8.73 Å². The molecule has 3 rings (SSSR count). The first kappa shape index (κ1) is 16.3. The molecule has 1 aliphatic carbocycles. The predicted molar refractivity (Wildman–Crippen MR) is 91.0 cm³/mol. The fourth-order valence-corrected chi connectivity index (χ4v) is 4.12. The third-order valence-corrected chi connectivity index (χ3v) is 5.74. The summed E-state index contributed by atoms with van der Waals surface area (Å²) < 4.78 is 14.4. The van der Waals surface area contributed by atoms with E-state index < -0.39 is 0 Å². The topological polar surface area (TPSA) is 45.8 Å². The van der Waals surface area contributed by atoms with Crippen LogP contribution in [0.2, 0.25) is 0 Å². The molecule has 0 aromatic rings. The quantitative estimate of drug-likeness (QED) is 0.772. The minimum absolute atomic E-state index is 0.0345. The van der Waals surface area contributed by atoms with Crippen LogP contribution in [0.5, 0.6) is 0 Å². The van der Waals surface area contributed by atoms with Gasteiger partial charge in [-0.15, -0.1) is 0 Å². The van der Waals surface area contributed by atoms with E-state index in [0.717, 1.165) is 52.7 Å². The summed E-state index contributed by atoms with van der Waals surface area (Å²) in [4.78, 5) is 0. The molecule has 0 radical (unpaired) electrons. The Morgan fingerprint density at radius 2 is 2.23 bits per heavy atom. The minimum Gasteiger partial charge on any atom is -0.497 e. The van der Waals surface area contributed by atoms with Gasteiger partial charge in [-0.05, 0) is 38.6 Å². The molecule has 2 unspecified atom stereocenters. The van der Waals surface area contributed by atoms with E-state index >= 15 is 0 Å². The van der Waals surface area contributed by atoms with Crippen LogP contribution in [-0.4, -0.2) is 55.9 Å². The van der Waals surface area contributed by atoms with Crippen molar-refractivity contribution in [1.82, 2.24) is 15.3 Å². The molecular formula is C16H28N3O2P. The Labute approximate surface area is 135 Å². The Balaban J connectivity index is 1.71. The smallest absolute Gasteiger partial charge is 0.157 e. The highest BCUT2D eigenvalue weighted by atomic mass is 31.1. The third kappa shape index (κ3) is 3.48. The summed E-state index contributed by atoms with van der Waals surface area (Å²) in [5, 5.41) is 7.15. The van der Waals surface area contributed by atoms with Gasteiger partial charge in [0.15, 0.2) is 5.76 Å². The van der Waals surface area contributed by atoms with Gasteiger partial charge in [-0.25, -0.2) is 0 Å². The van der Waals surface area contributed by atoms with Gasteiger partial charge in [0.1, 0.15) is 11.9 Å². The zero-order chi connectivity index (χ0) is 15.7. The SMILES string of the molecule is COC1=C(O[C@H]2CCN(PC)C2)C=C2CNC(C)(C)NC2C1. The zero-order valence-corrected chi connectivity index (χ0v) is 15.0. The number of fused-ring (bicyclic) bond motifs is 1. The van der Waals surface area contributed by atoms with E-state index in [2.05, 4.69) is 41.9 Å². The highest BCUT2D eigenvalue weighted by Gasteiger charge is 2.35. The maximum Gasteiger partial charge on any atom is 0.157 e. The largest absolute Gasteiger partial charge is 0.497 e. The number of ether oxygens (including phenoxy) is 2. The predicted octanol–water partition coefficient (Wildman–Crippen LogP) is 1.79. The highest BCUT2D eigenvalue weighted by molar-refractivity contribution is 7.34. The fraction of sp³-hybridized carbons (Fsp3) is 0.750. The molecule has 0 aromatic heterocycles. The summed E-state index contributed by atoms with van der Waals surface area (Å²) >= 11 is 0. The van der Waals surface area contributed by atoms with Crippen molar-refractivity contribution in [3.8, 4) is 0 Å². The molecule has 3 aliphatic rings. The lowest BCUT2D eigenvalue weighted by Crippen LogP contribution is -2.62. The molecule has 2 fully saturated rings. The Kier molecular flexibility index (Phi) is 4.79. The number of nitrogens with zero attached hydrogens (tertiary/aromatic N) is 1. The van der Waals surface area contributed by atoms with Crippen LogP contribution in [0.25, 0.3) is 0 Å². The average Bonchev–Trinajstić information content (AvgIpc) is 2.94. The number of nitrogens with one attached hydrogen (secondary N) is 2. The van der Waals surface area contributed by atoms with Crippen molar-refractivity contribution in [2.75, 3.05) is 33.4 Å². The summed E-state index contributed by atoms with van der Waals surface area (Å²) in [6.07, 6.45) is 4.45. The molecule has 22 heavy (non-hydrogen) atoms. The first-order valence-electron chi connectivity index (χ1n) is 8.10. The molecule has 5 nitrogen and oxygen atoms in total. The van der Waals surface area contributed by atoms with Crippen molar-refractivity contribution in [3.05, 3.63) is 23.2 Å². The van der Waals surface area contributed by atoms with Crippen LogP contribution in [0.15, 0.2) is 23.2 Å². The van der Waals surface area contributed by atoms with Crippen LogP contribution in [-0.2, 0) is 9.47 Å². The van der Waals surface area contributed by atoms with Crippen LogP contribution in [0.3, 0.4) is 0 Å². The molecule has 0 spiro atoms. The molecule has 2 aliphatic heterocycles. The van der Waals surface area contributed by atoms with Gasteiger partial charge in [-0.3, -0.25) is 15.3 Å². The second-order valence-electron chi connectivity index (χ2n) is 6.79. The van der Waals surface area contributed by atoms with Gasteiger partial charge in [0.05, 0.1) is 12.8 Å². The minimum atomic E-state index is -0.0345. The van der Waals surface area contributed by atoms with Crippen LogP contribution in [0, 0.1) is 0 Å². The molecule has 2 N–H and O–H groups in total. The van der Waals surface area contributed by atoms with Gasteiger partial charge < -0.3 is 9.47 Å². The lowest BCUT2D eigenvalue weighted by Gasteiger charge is -2.42. The lowest BCUT2D eigenvalue weighted by atomic mass is 9.92. The summed E-state index contributed by atoms with van der Waals surface area (Å²) in [5.41, 5.74) is 1.33. The maximum absolute atomic E-state index is 6.27. The summed E-state index contributed by atoms with van der Waals surface area (Å²) in [6.45, 7) is 9.66. The molecule has 0 bridgehead atoms. The van der Waals surface area contributed by atoms with E-state index in [-0.39, 0.29) is 5.66 Å². The van der Waals surface area contributed by atoms with Crippen LogP contribution in [0.4, 0.5) is 0 Å². The van der Waals surface area contributed by atoms with Gasteiger partial charge in [0, 0.05) is 32.1 Å². The van der Waals surface area contributed by atoms with Crippen molar-refractivity contribution in [2.24, 2.45) is 0 Å². The molecule has 6 heteroatoms. The van der Waals surface area contributed by atoms with Gasteiger partial charge in [0.25, 0.3) is 0 Å². The number of methoxy groups -OCH3 is 1. The van der Waals surface area contributed by atoms with Crippen molar-refractivity contribution >= 4 is 8.73 Å². The molecule has 124 valence electrons. The number of rotatable bonds is 4. The van der Waals surface area contributed by atoms with Gasteiger partial charge in [-0.2, -0.15) is 0 Å². The van der Waals surface area contributed by atoms with Crippen molar-refractivity contribution in [2.45, 2.75) is 44.5 Å². The molecule has 0 saturated carbocycles. The van der Waals surface area contributed by atoms with Crippen molar-refractivity contribution in [3.63, 3.8) is 0 Å². The first-order chi connectivity index (χ1) is 10.5. The molecule has 2 saturated heterocycles. The van der Waals surface area contributed by atoms with Gasteiger partial charge in [-0.1, -0.05) is 8.73 Å². The lowest BCUT2D eigenvalue weighted by molar-refractivity contribution is 0.110. The van der Waals surface area contributed by atoms with Gasteiger partial charge in [0.2, 0.25) is 0 Å². The van der Waals surface area contributed by atoms with E-state index in [9.17, 15) is 0 Å². The molecule has 0 amide bonds. The van der Waals surface area contributed by atoms with Crippen molar-refractivity contribution in [1.29, 1.82) is 0 Å². The number of allylic oxidation sites excluding steroid dienone is 1. The molecule has 2 heterocycles. The molecular weight excluding hydrogens is 297 g/mol. The third-order valence-electron chi connectivity index (χ3n) is 4.70. The summed E-state index contributed by atoms with van der Waals surface area (Å²) in [7, 11) is 2.62. The maximum atomic E-state index is 6.27. The average molecular weight is 325 g/mol. The monoisotopic (exact) mass is 325 g/mol. The Morgan fingerprint density at radius 3 is 2.91 bits per heavy atom. The van der Waals surface area contributed by atoms with E-state index in [1.54, 1.807) is 7.11 Å². The summed E-state index contributed by atoms with van der Waals surface area (Å²) in [6, 6.07) is 0.343. The molecule has 3 atom stereocenters. The number of hydrogen-bond acceptors (Lipinski definition) is 5. The Hall–Kier alpha value is -0.610. The van der Waals surface area contributed by atoms with Gasteiger partial charge >= 0.3 is 0 Å². The normalized spacial score (nSPS) is 32.3. The van der Waals surface area contributed by atoms with E-state index in [0.29, 0.717) is 12.1 Å². The second-order valence-corrected chi connectivity index (χ2v) is 7.87.